The van der Waals surface area contributed by atoms with Gasteiger partial charge in [0.05, 0.1) is 0 Å². The molecule has 5 aromatic rings. The number of carbonyl (C=O) groups excluding carboxylic acids is 1. The number of hydrogen-bond donors (Lipinski definition) is 0. The maximum absolute atomic E-state index is 13.7. The van der Waals surface area contributed by atoms with E-state index >= 15 is 0 Å². The third kappa shape index (κ3) is 4.43. The number of nitrogens with zero attached hydrogens (tertiary/aromatic N) is 4. The summed E-state index contributed by atoms with van der Waals surface area (Å²) < 4.78 is 1.69. The Balaban J connectivity index is 1.56. The van der Waals surface area contributed by atoms with Gasteiger partial charge < -0.3 is 0 Å². The van der Waals surface area contributed by atoms with E-state index in [0.29, 0.717) is 11.6 Å². The quantitative estimate of drug-likeness (QED) is 0.333. The zero-order chi connectivity index (χ0) is 22.5. The summed E-state index contributed by atoms with van der Waals surface area (Å²) in [6.45, 7) is 0.0495. The van der Waals surface area contributed by atoms with Gasteiger partial charge in [-0.25, -0.2) is 9.67 Å². The van der Waals surface area contributed by atoms with Crippen molar-refractivity contribution in [3.8, 4) is 22.8 Å². The van der Waals surface area contributed by atoms with E-state index in [1.807, 2.05) is 121 Å². The van der Waals surface area contributed by atoms with Crippen molar-refractivity contribution in [2.24, 2.45) is 0 Å². The smallest absolute Gasteiger partial charge is 0.253 e. The second kappa shape index (κ2) is 9.32. The minimum absolute atomic E-state index is 0.0495. The third-order valence-electron chi connectivity index (χ3n) is 5.30. The summed E-state index contributed by atoms with van der Waals surface area (Å²) in [4.78, 5) is 20.2. The van der Waals surface area contributed by atoms with Gasteiger partial charge in [0.1, 0.15) is 6.54 Å². The molecular formula is C28H22N4O. The molecular weight excluding hydrogens is 408 g/mol. The van der Waals surface area contributed by atoms with Gasteiger partial charge in [-0.3, -0.25) is 9.69 Å². The summed E-state index contributed by atoms with van der Waals surface area (Å²) in [6.07, 6.45) is 0. The van der Waals surface area contributed by atoms with Crippen LogP contribution in [0.2, 0.25) is 0 Å². The van der Waals surface area contributed by atoms with Crippen LogP contribution in [0.3, 0.4) is 0 Å². The molecule has 5 nitrogen and oxygen atoms in total. The number of aromatic nitrogens is 3. The van der Waals surface area contributed by atoms with E-state index in [4.69, 9.17) is 10.1 Å². The van der Waals surface area contributed by atoms with Gasteiger partial charge in [-0.1, -0.05) is 97.1 Å². The molecule has 0 saturated carbocycles. The molecule has 5 rings (SSSR count). The number of benzene rings is 4. The monoisotopic (exact) mass is 430 g/mol. The van der Waals surface area contributed by atoms with Gasteiger partial charge in [-0.2, -0.15) is 0 Å². The summed E-state index contributed by atoms with van der Waals surface area (Å²) in [7, 11) is 0. The molecule has 0 bridgehead atoms. The minimum atomic E-state index is -0.103. The molecule has 4 aromatic carbocycles. The van der Waals surface area contributed by atoms with E-state index in [1.165, 1.54) is 0 Å². The van der Waals surface area contributed by atoms with Crippen molar-refractivity contribution in [1.82, 2.24) is 14.8 Å². The molecule has 1 amide bonds. The van der Waals surface area contributed by atoms with Crippen LogP contribution in [-0.2, 0) is 11.3 Å². The van der Waals surface area contributed by atoms with Gasteiger partial charge in [-0.15, -0.1) is 5.10 Å². The fourth-order valence-corrected chi connectivity index (χ4v) is 3.75. The van der Waals surface area contributed by atoms with Crippen molar-refractivity contribution >= 4 is 17.3 Å². The highest BCUT2D eigenvalue weighted by Crippen LogP contribution is 2.27. The maximum Gasteiger partial charge on any atom is 0.253 e. The number of rotatable bonds is 6. The van der Waals surface area contributed by atoms with Crippen LogP contribution < -0.4 is 4.90 Å². The molecule has 0 spiro atoms. The van der Waals surface area contributed by atoms with Crippen LogP contribution in [0.1, 0.15) is 0 Å². The van der Waals surface area contributed by atoms with Crippen molar-refractivity contribution in [2.45, 2.75) is 6.54 Å². The predicted molar refractivity (Wildman–Crippen MR) is 131 cm³/mol. The summed E-state index contributed by atoms with van der Waals surface area (Å²) in [5.74, 6) is 1.14. The Labute approximate surface area is 192 Å². The molecule has 1 heterocycles. The molecule has 0 unspecified atom stereocenters. The highest BCUT2D eigenvalue weighted by atomic mass is 16.2. The van der Waals surface area contributed by atoms with Crippen LogP contribution in [0.4, 0.5) is 11.4 Å². The molecule has 0 aliphatic rings. The number of anilines is 2. The minimum Gasteiger partial charge on any atom is -0.279 e. The van der Waals surface area contributed by atoms with E-state index in [9.17, 15) is 4.79 Å². The van der Waals surface area contributed by atoms with Crippen molar-refractivity contribution in [1.29, 1.82) is 0 Å². The Bertz CT molecular complexity index is 1290. The topological polar surface area (TPSA) is 51.0 Å². The number of amides is 1. The first-order chi connectivity index (χ1) is 16.3. The highest BCUT2D eigenvalue weighted by molar-refractivity contribution is 6.00. The van der Waals surface area contributed by atoms with E-state index in [0.717, 1.165) is 22.5 Å². The lowest BCUT2D eigenvalue weighted by atomic mass is 10.2. The van der Waals surface area contributed by atoms with Gasteiger partial charge in [0.15, 0.2) is 11.6 Å². The molecule has 1 aromatic heterocycles. The lowest BCUT2D eigenvalue weighted by Gasteiger charge is -2.23. The summed E-state index contributed by atoms with van der Waals surface area (Å²) in [6, 6.07) is 38.9. The van der Waals surface area contributed by atoms with Gasteiger partial charge in [0.2, 0.25) is 0 Å². The lowest BCUT2D eigenvalue weighted by molar-refractivity contribution is -0.118. The number of hydrogen-bond acceptors (Lipinski definition) is 3. The van der Waals surface area contributed by atoms with E-state index in [2.05, 4.69) is 0 Å². The van der Waals surface area contributed by atoms with Crippen molar-refractivity contribution < 1.29 is 4.79 Å². The summed E-state index contributed by atoms with van der Waals surface area (Å²) in [5, 5.41) is 4.72. The average molecular weight is 431 g/mol. The SMILES string of the molecule is O=C(Cn1nc(-c2ccccc2)nc1-c1ccccc1)N(c1ccccc1)c1ccccc1. The standard InChI is InChI=1S/C28H22N4O/c33-26(32(24-17-9-3-10-18-24)25-19-11-4-12-20-25)21-31-28(23-15-7-2-8-16-23)29-27(30-31)22-13-5-1-6-14-22/h1-20H,21H2. The van der Waals surface area contributed by atoms with Crippen LogP contribution in [0.15, 0.2) is 121 Å². The maximum atomic E-state index is 13.7. The Morgan fingerprint density at radius 3 is 1.61 bits per heavy atom. The molecule has 0 fully saturated rings. The first kappa shape index (κ1) is 20.4. The second-order valence-electron chi connectivity index (χ2n) is 7.55. The lowest BCUT2D eigenvalue weighted by Crippen LogP contribution is -2.30. The van der Waals surface area contributed by atoms with Crippen LogP contribution in [-0.4, -0.2) is 20.7 Å². The Morgan fingerprint density at radius 2 is 1.09 bits per heavy atom. The van der Waals surface area contributed by atoms with Crippen LogP contribution in [0, 0.1) is 0 Å². The Morgan fingerprint density at radius 1 is 0.636 bits per heavy atom. The van der Waals surface area contributed by atoms with E-state index in [-0.39, 0.29) is 12.5 Å². The van der Waals surface area contributed by atoms with Gasteiger partial charge in [0, 0.05) is 22.5 Å². The van der Waals surface area contributed by atoms with Gasteiger partial charge >= 0.3 is 0 Å². The Kier molecular flexibility index (Phi) is 5.76. The predicted octanol–water partition coefficient (Wildman–Crippen LogP) is 5.98. The largest absolute Gasteiger partial charge is 0.279 e. The Hall–Kier alpha value is -4.51. The molecule has 5 heteroatoms. The van der Waals surface area contributed by atoms with E-state index in [1.54, 1.807) is 9.58 Å². The normalized spacial score (nSPS) is 10.7. The van der Waals surface area contributed by atoms with Gasteiger partial charge in [0.25, 0.3) is 5.91 Å². The van der Waals surface area contributed by atoms with Crippen LogP contribution in [0.5, 0.6) is 0 Å². The zero-order valence-electron chi connectivity index (χ0n) is 18.0. The van der Waals surface area contributed by atoms with Crippen LogP contribution >= 0.6 is 0 Å². The fourth-order valence-electron chi connectivity index (χ4n) is 3.75. The average Bonchev–Trinajstić information content (AvgIpc) is 3.30. The van der Waals surface area contributed by atoms with Crippen molar-refractivity contribution in [3.05, 3.63) is 121 Å². The molecule has 0 atom stereocenters. The fraction of sp³-hybridized carbons (Fsp3) is 0.0357. The summed E-state index contributed by atoms with van der Waals surface area (Å²) >= 11 is 0. The zero-order valence-corrected chi connectivity index (χ0v) is 18.0. The molecule has 33 heavy (non-hydrogen) atoms. The highest BCUT2D eigenvalue weighted by Gasteiger charge is 2.22. The first-order valence-electron chi connectivity index (χ1n) is 10.8. The third-order valence-corrected chi connectivity index (χ3v) is 5.30. The molecule has 0 aliphatic carbocycles. The van der Waals surface area contributed by atoms with Crippen LogP contribution in [0.25, 0.3) is 22.8 Å². The molecule has 0 saturated heterocycles. The van der Waals surface area contributed by atoms with Gasteiger partial charge in [-0.05, 0) is 24.3 Å². The van der Waals surface area contributed by atoms with E-state index < -0.39 is 0 Å². The first-order valence-corrected chi connectivity index (χ1v) is 10.8. The molecule has 0 radical (unpaired) electrons. The van der Waals surface area contributed by atoms with Crippen molar-refractivity contribution in [3.63, 3.8) is 0 Å². The molecule has 160 valence electrons. The second-order valence-corrected chi connectivity index (χ2v) is 7.55. The number of para-hydroxylation sites is 2. The molecule has 0 aliphatic heterocycles. The summed E-state index contributed by atoms with van der Waals surface area (Å²) in [5.41, 5.74) is 3.42. The number of carbonyl (C=O) groups is 1. The molecule has 0 N–H and O–H groups in total. The van der Waals surface area contributed by atoms with Crippen molar-refractivity contribution in [2.75, 3.05) is 4.90 Å².